The molecule has 0 spiro atoms. The van der Waals surface area contributed by atoms with Crippen LogP contribution in [0, 0.1) is 0 Å². The molecule has 28 heavy (non-hydrogen) atoms. The Hall–Kier alpha value is -2.57. The van der Waals surface area contributed by atoms with Crippen molar-refractivity contribution in [1.29, 1.82) is 0 Å². The fraction of sp³-hybridized carbons (Fsp3) is 0.571. The number of phenols is 1. The number of aromatic hydroxyl groups is 1. The lowest BCUT2D eigenvalue weighted by Gasteiger charge is -2.28. The third-order valence-corrected chi connectivity index (χ3v) is 4.94. The third-order valence-electron chi connectivity index (χ3n) is 4.94. The molecule has 0 radical (unpaired) electrons. The Morgan fingerprint density at radius 3 is 1.64 bits per heavy atom. The molecule has 1 aromatic carbocycles. The zero-order chi connectivity index (χ0) is 21.6. The molecule has 2 aromatic rings. The van der Waals surface area contributed by atoms with E-state index in [9.17, 15) is 19.5 Å². The SMILES string of the molecule is CCn1c(=O)n(C)c(=O)n(Cc2cc(C(C)(C)C)c(O)c(C(C)(C)C)c2)c1=O. The molecule has 0 aliphatic rings. The van der Waals surface area contributed by atoms with Crippen LogP contribution in [-0.2, 0) is 31.0 Å². The number of nitrogens with zero attached hydrogens (tertiary/aromatic N) is 3. The summed E-state index contributed by atoms with van der Waals surface area (Å²) in [5, 5.41) is 10.8. The van der Waals surface area contributed by atoms with Crippen molar-refractivity contribution < 1.29 is 5.11 Å². The van der Waals surface area contributed by atoms with Crippen molar-refractivity contribution in [3.05, 3.63) is 60.3 Å². The van der Waals surface area contributed by atoms with Gasteiger partial charge < -0.3 is 5.11 Å². The molecule has 0 saturated carbocycles. The van der Waals surface area contributed by atoms with Crippen molar-refractivity contribution in [2.45, 2.75) is 72.4 Å². The van der Waals surface area contributed by atoms with E-state index in [2.05, 4.69) is 0 Å². The highest BCUT2D eigenvalue weighted by Crippen LogP contribution is 2.39. The van der Waals surface area contributed by atoms with Crippen LogP contribution >= 0.6 is 0 Å². The van der Waals surface area contributed by atoms with Gasteiger partial charge in [0, 0.05) is 13.6 Å². The lowest BCUT2D eigenvalue weighted by molar-refractivity contribution is 0.422. The van der Waals surface area contributed by atoms with Crippen molar-refractivity contribution in [1.82, 2.24) is 13.7 Å². The molecule has 1 heterocycles. The van der Waals surface area contributed by atoms with Gasteiger partial charge in [0.05, 0.1) is 6.54 Å². The zero-order valence-corrected chi connectivity index (χ0v) is 18.1. The van der Waals surface area contributed by atoms with Crippen LogP contribution in [0.3, 0.4) is 0 Å². The van der Waals surface area contributed by atoms with Crippen LogP contribution in [0.25, 0.3) is 0 Å². The Kier molecular flexibility index (Phi) is 5.52. The zero-order valence-electron chi connectivity index (χ0n) is 18.1. The maximum Gasteiger partial charge on any atom is 0.336 e. The number of rotatable bonds is 3. The summed E-state index contributed by atoms with van der Waals surface area (Å²) in [4.78, 5) is 37.4. The summed E-state index contributed by atoms with van der Waals surface area (Å²) in [6, 6.07) is 3.66. The summed E-state index contributed by atoms with van der Waals surface area (Å²) in [5.74, 6) is 0.238. The molecular formula is C21H31N3O4. The second-order valence-corrected chi connectivity index (χ2v) is 9.28. The van der Waals surface area contributed by atoms with Crippen molar-refractivity contribution in [3.63, 3.8) is 0 Å². The number of benzene rings is 1. The first kappa shape index (κ1) is 21.7. The third kappa shape index (κ3) is 3.84. The molecule has 0 unspecified atom stereocenters. The predicted molar refractivity (Wildman–Crippen MR) is 110 cm³/mol. The molecule has 154 valence electrons. The minimum Gasteiger partial charge on any atom is -0.507 e. The second-order valence-electron chi connectivity index (χ2n) is 9.28. The van der Waals surface area contributed by atoms with Crippen molar-refractivity contribution in [2.24, 2.45) is 7.05 Å². The molecule has 1 N–H and O–H groups in total. The van der Waals surface area contributed by atoms with Crippen LogP contribution in [0.1, 0.15) is 65.2 Å². The number of phenolic OH excluding ortho intramolecular Hbond substituents is 1. The van der Waals surface area contributed by atoms with Crippen LogP contribution in [0.2, 0.25) is 0 Å². The average molecular weight is 389 g/mol. The molecule has 2 rings (SSSR count). The monoisotopic (exact) mass is 389 g/mol. The van der Waals surface area contributed by atoms with E-state index in [1.54, 1.807) is 6.92 Å². The van der Waals surface area contributed by atoms with Gasteiger partial charge >= 0.3 is 17.1 Å². The molecule has 7 nitrogen and oxygen atoms in total. The summed E-state index contributed by atoms with van der Waals surface area (Å²) >= 11 is 0. The lowest BCUT2D eigenvalue weighted by atomic mass is 9.78. The Balaban J connectivity index is 2.79. The van der Waals surface area contributed by atoms with Gasteiger partial charge in [-0.2, -0.15) is 0 Å². The Morgan fingerprint density at radius 2 is 1.25 bits per heavy atom. The molecule has 1 aromatic heterocycles. The van der Waals surface area contributed by atoms with Crippen molar-refractivity contribution in [2.75, 3.05) is 0 Å². The van der Waals surface area contributed by atoms with Gasteiger partial charge in [0.25, 0.3) is 0 Å². The van der Waals surface area contributed by atoms with Crippen LogP contribution in [-0.4, -0.2) is 18.8 Å². The van der Waals surface area contributed by atoms with Gasteiger partial charge in [0.15, 0.2) is 0 Å². The average Bonchev–Trinajstić information content (AvgIpc) is 2.56. The standard InChI is InChI=1S/C21H31N3O4/c1-9-23-17(26)22(8)18(27)24(19(23)28)12-13-10-14(20(2,3)4)16(25)15(11-13)21(5,6)7/h10-11,25H,9,12H2,1-8H3. The van der Waals surface area contributed by atoms with Gasteiger partial charge in [0.1, 0.15) is 5.75 Å². The maximum absolute atomic E-state index is 12.7. The minimum atomic E-state index is -0.651. The summed E-state index contributed by atoms with van der Waals surface area (Å²) < 4.78 is 3.05. The highest BCUT2D eigenvalue weighted by atomic mass is 16.3. The maximum atomic E-state index is 12.7. The van der Waals surface area contributed by atoms with Gasteiger partial charge in [0.2, 0.25) is 0 Å². The lowest BCUT2D eigenvalue weighted by Crippen LogP contribution is -2.53. The first-order valence-corrected chi connectivity index (χ1v) is 9.47. The number of hydrogen-bond acceptors (Lipinski definition) is 4. The first-order chi connectivity index (χ1) is 12.7. The first-order valence-electron chi connectivity index (χ1n) is 9.47. The van der Waals surface area contributed by atoms with Crippen LogP contribution in [0.4, 0.5) is 0 Å². The quantitative estimate of drug-likeness (QED) is 0.871. The normalized spacial score (nSPS) is 12.4. The van der Waals surface area contributed by atoms with Crippen LogP contribution < -0.4 is 17.1 Å². The van der Waals surface area contributed by atoms with Gasteiger partial charge in [-0.15, -0.1) is 0 Å². The van der Waals surface area contributed by atoms with Gasteiger partial charge in [-0.3, -0.25) is 0 Å². The smallest absolute Gasteiger partial charge is 0.336 e. The Morgan fingerprint density at radius 1 is 0.821 bits per heavy atom. The van der Waals surface area contributed by atoms with Crippen molar-refractivity contribution >= 4 is 0 Å². The Labute approximate surface area is 164 Å². The topological polar surface area (TPSA) is 86.2 Å². The van der Waals surface area contributed by atoms with E-state index >= 15 is 0 Å². The largest absolute Gasteiger partial charge is 0.507 e. The molecule has 0 amide bonds. The van der Waals surface area contributed by atoms with E-state index in [0.29, 0.717) is 0 Å². The fourth-order valence-corrected chi connectivity index (χ4v) is 3.27. The molecule has 0 fully saturated rings. The number of hydrogen-bond donors (Lipinski definition) is 1. The Bertz CT molecular complexity index is 1040. The van der Waals surface area contributed by atoms with E-state index in [1.807, 2.05) is 53.7 Å². The highest BCUT2D eigenvalue weighted by Gasteiger charge is 2.27. The van der Waals surface area contributed by atoms with E-state index in [-0.39, 0.29) is 29.7 Å². The molecule has 0 aliphatic heterocycles. The summed E-state index contributed by atoms with van der Waals surface area (Å²) in [7, 11) is 1.37. The van der Waals surface area contributed by atoms with E-state index in [1.165, 1.54) is 7.05 Å². The van der Waals surface area contributed by atoms with E-state index < -0.39 is 17.1 Å². The van der Waals surface area contributed by atoms with E-state index in [4.69, 9.17) is 0 Å². The molecule has 0 bridgehead atoms. The predicted octanol–water partition coefficient (Wildman–Crippen LogP) is 2.08. The van der Waals surface area contributed by atoms with Gasteiger partial charge in [-0.1, -0.05) is 41.5 Å². The van der Waals surface area contributed by atoms with Gasteiger partial charge in [-0.25, -0.2) is 28.1 Å². The van der Waals surface area contributed by atoms with Crippen molar-refractivity contribution in [3.8, 4) is 5.75 Å². The van der Waals surface area contributed by atoms with Crippen LogP contribution in [0.15, 0.2) is 26.5 Å². The molecule has 0 aliphatic carbocycles. The second kappa shape index (κ2) is 7.11. The van der Waals surface area contributed by atoms with Gasteiger partial charge in [-0.05, 0) is 46.6 Å². The number of aromatic nitrogens is 3. The summed E-state index contributed by atoms with van der Waals surface area (Å²) in [5.41, 5.74) is -0.303. The fourth-order valence-electron chi connectivity index (χ4n) is 3.27. The minimum absolute atomic E-state index is 0.0260. The highest BCUT2D eigenvalue weighted by molar-refractivity contribution is 5.49. The molecule has 0 atom stereocenters. The molecule has 0 saturated heterocycles. The van der Waals surface area contributed by atoms with E-state index in [0.717, 1.165) is 30.4 Å². The van der Waals surface area contributed by atoms with Crippen LogP contribution in [0.5, 0.6) is 5.75 Å². The molecule has 7 heteroatoms. The summed E-state index contributed by atoms with van der Waals surface area (Å²) in [6.07, 6.45) is 0. The molecular weight excluding hydrogens is 358 g/mol. The summed E-state index contributed by atoms with van der Waals surface area (Å²) in [6.45, 7) is 13.9.